The van der Waals surface area contributed by atoms with Gasteiger partial charge in [0, 0.05) is 0 Å². The molecule has 0 radical (unpaired) electrons. The van der Waals surface area contributed by atoms with E-state index in [1.54, 1.807) is 27.7 Å². The molecule has 1 heterocycles. The Kier molecular flexibility index (Phi) is 3.41. The average Bonchev–Trinajstić information content (AvgIpc) is 2.04. The number of hydrogen-bond acceptors (Lipinski definition) is 2. The Hall–Kier alpha value is -0.520. The molecule has 11 heavy (non-hydrogen) atoms. The van der Waals surface area contributed by atoms with Gasteiger partial charge < -0.3 is 0 Å². The zero-order valence-corrected chi connectivity index (χ0v) is 7.89. The van der Waals surface area contributed by atoms with Crippen molar-refractivity contribution in [3.05, 3.63) is 34.6 Å². The molecule has 0 aromatic rings. The Balaban J connectivity index is 2.68. The first kappa shape index (κ1) is 8.58. The minimum absolute atomic E-state index is 1.10. The third-order valence-corrected chi connectivity index (χ3v) is 3.51. The van der Waals surface area contributed by atoms with E-state index in [-0.39, 0.29) is 0 Å². The lowest BCUT2D eigenvalue weighted by molar-refractivity contribution is 1.67. The van der Waals surface area contributed by atoms with E-state index in [0.717, 1.165) is 4.91 Å². The van der Waals surface area contributed by atoms with Crippen molar-refractivity contribution >= 4 is 21.6 Å². The molecule has 0 spiro atoms. The molecule has 0 aliphatic carbocycles. The molecule has 1 aliphatic heterocycles. The van der Waals surface area contributed by atoms with Gasteiger partial charge >= 0.3 is 0 Å². The van der Waals surface area contributed by atoms with Gasteiger partial charge in [-0.05, 0) is 34.8 Å². The molecule has 0 amide bonds. The predicted molar refractivity (Wildman–Crippen MR) is 55.0 cm³/mol. The summed E-state index contributed by atoms with van der Waals surface area (Å²) in [5.74, 6) is 5.80. The minimum Gasteiger partial charge on any atom is -0.0906 e. The highest BCUT2D eigenvalue weighted by Gasteiger charge is 2.00. The van der Waals surface area contributed by atoms with Gasteiger partial charge in [-0.1, -0.05) is 35.3 Å². The Morgan fingerprint density at radius 3 is 2.82 bits per heavy atom. The zero-order chi connectivity index (χ0) is 8.10. The van der Waals surface area contributed by atoms with Crippen LogP contribution in [-0.2, 0) is 0 Å². The topological polar surface area (TPSA) is 0 Å². The number of hydrogen-bond donors (Lipinski definition) is 0. The van der Waals surface area contributed by atoms with E-state index in [4.69, 9.17) is 0 Å². The van der Waals surface area contributed by atoms with Gasteiger partial charge in [0.2, 0.25) is 0 Å². The molecule has 0 fully saturated rings. The molecule has 0 aromatic heterocycles. The van der Waals surface area contributed by atoms with Crippen LogP contribution < -0.4 is 0 Å². The van der Waals surface area contributed by atoms with Crippen LogP contribution in [-0.4, -0.2) is 0 Å². The normalized spacial score (nSPS) is 15.7. The van der Waals surface area contributed by atoms with E-state index in [1.165, 1.54) is 4.91 Å². The van der Waals surface area contributed by atoms with Gasteiger partial charge in [0.1, 0.15) is 0 Å². The molecule has 0 aromatic carbocycles. The molecular weight excluding hydrogens is 172 g/mol. The van der Waals surface area contributed by atoms with Crippen LogP contribution in [0.1, 0.15) is 6.92 Å². The fourth-order valence-corrected chi connectivity index (χ4v) is 2.23. The lowest BCUT2D eigenvalue weighted by Gasteiger charge is -2.03. The second-order valence-corrected chi connectivity index (χ2v) is 4.37. The van der Waals surface area contributed by atoms with Gasteiger partial charge in [0.15, 0.2) is 0 Å². The first-order valence-corrected chi connectivity index (χ1v) is 5.33. The van der Waals surface area contributed by atoms with E-state index in [2.05, 4.69) is 31.4 Å². The van der Waals surface area contributed by atoms with Crippen LogP contribution in [0, 0.1) is 11.8 Å². The Morgan fingerprint density at radius 1 is 1.45 bits per heavy atom. The van der Waals surface area contributed by atoms with Crippen molar-refractivity contribution < 1.29 is 0 Å². The first-order valence-electron chi connectivity index (χ1n) is 3.18. The molecule has 1 aliphatic rings. The fourth-order valence-electron chi connectivity index (χ4n) is 0.544. The highest BCUT2D eigenvalue weighted by molar-refractivity contribution is 8.79. The number of rotatable bonds is 0. The molecular formula is C9H8S2. The third kappa shape index (κ3) is 2.92. The summed E-state index contributed by atoms with van der Waals surface area (Å²) in [6.45, 7) is 5.62. The summed E-state index contributed by atoms with van der Waals surface area (Å²) >= 11 is 0. The molecule has 0 atom stereocenters. The SMILES string of the molecule is C=CC#CC1=CC=C(C)SS1. The standard InChI is InChI=1S/C9H8S2/c1-3-4-5-9-7-6-8(2)10-11-9/h3,6-7H,1H2,2H3. The fraction of sp³-hybridized carbons (Fsp3) is 0.111. The summed E-state index contributed by atoms with van der Waals surface area (Å²) in [5, 5.41) is 0. The van der Waals surface area contributed by atoms with Crippen LogP contribution in [0.5, 0.6) is 0 Å². The molecule has 0 nitrogen and oxygen atoms in total. The third-order valence-electron chi connectivity index (χ3n) is 1.03. The smallest absolute Gasteiger partial charge is 0.0688 e. The average molecular weight is 180 g/mol. The van der Waals surface area contributed by atoms with Gasteiger partial charge in [-0.2, -0.15) is 0 Å². The van der Waals surface area contributed by atoms with Gasteiger partial charge in [0.05, 0.1) is 4.91 Å². The molecule has 0 saturated heterocycles. The van der Waals surface area contributed by atoms with Crippen LogP contribution >= 0.6 is 21.6 Å². The van der Waals surface area contributed by atoms with Crippen molar-refractivity contribution in [2.45, 2.75) is 6.92 Å². The Labute approximate surface area is 75.2 Å². The lowest BCUT2D eigenvalue weighted by Crippen LogP contribution is -1.74. The molecule has 0 N–H and O–H groups in total. The van der Waals surface area contributed by atoms with E-state index < -0.39 is 0 Å². The second kappa shape index (κ2) is 4.38. The number of allylic oxidation sites excluding steroid dienone is 5. The van der Waals surface area contributed by atoms with Crippen molar-refractivity contribution in [1.82, 2.24) is 0 Å². The van der Waals surface area contributed by atoms with E-state index in [9.17, 15) is 0 Å². The van der Waals surface area contributed by atoms with Crippen molar-refractivity contribution in [1.29, 1.82) is 0 Å². The highest BCUT2D eigenvalue weighted by atomic mass is 33.1. The van der Waals surface area contributed by atoms with Crippen molar-refractivity contribution in [3.63, 3.8) is 0 Å². The summed E-state index contributed by atoms with van der Waals surface area (Å²) in [7, 11) is 3.45. The molecule has 1 rings (SSSR count). The summed E-state index contributed by atoms with van der Waals surface area (Å²) in [5.41, 5.74) is 0. The summed E-state index contributed by atoms with van der Waals surface area (Å²) in [6, 6.07) is 0. The predicted octanol–water partition coefficient (Wildman–Crippen LogP) is 3.36. The molecule has 0 saturated carbocycles. The summed E-state index contributed by atoms with van der Waals surface area (Å²) < 4.78 is 0. The van der Waals surface area contributed by atoms with E-state index in [0.29, 0.717) is 0 Å². The highest BCUT2D eigenvalue weighted by Crippen LogP contribution is 2.38. The maximum absolute atomic E-state index is 3.53. The van der Waals surface area contributed by atoms with Crippen LogP contribution in [0.3, 0.4) is 0 Å². The van der Waals surface area contributed by atoms with Gasteiger partial charge in [-0.25, -0.2) is 0 Å². The van der Waals surface area contributed by atoms with Gasteiger partial charge in [0.25, 0.3) is 0 Å². The lowest BCUT2D eigenvalue weighted by atomic mass is 10.4. The quantitative estimate of drug-likeness (QED) is 0.414. The van der Waals surface area contributed by atoms with Crippen molar-refractivity contribution in [2.24, 2.45) is 0 Å². The molecule has 2 heteroatoms. The maximum Gasteiger partial charge on any atom is 0.0688 e. The molecule has 56 valence electrons. The first-order chi connectivity index (χ1) is 5.33. The van der Waals surface area contributed by atoms with E-state index in [1.807, 2.05) is 6.08 Å². The summed E-state index contributed by atoms with van der Waals surface area (Å²) in [4.78, 5) is 2.42. The second-order valence-electron chi connectivity index (χ2n) is 1.95. The monoisotopic (exact) mass is 180 g/mol. The van der Waals surface area contributed by atoms with Crippen LogP contribution in [0.15, 0.2) is 34.6 Å². The van der Waals surface area contributed by atoms with Crippen LogP contribution in [0.2, 0.25) is 0 Å². The summed E-state index contributed by atoms with van der Waals surface area (Å²) in [6.07, 6.45) is 5.72. The largest absolute Gasteiger partial charge is 0.0906 e. The zero-order valence-electron chi connectivity index (χ0n) is 6.26. The van der Waals surface area contributed by atoms with Crippen LogP contribution in [0.4, 0.5) is 0 Å². The maximum atomic E-state index is 3.53. The van der Waals surface area contributed by atoms with Crippen LogP contribution in [0.25, 0.3) is 0 Å². The Bertz CT molecular complexity index is 274. The Morgan fingerprint density at radius 2 is 2.27 bits per heavy atom. The minimum atomic E-state index is 1.10. The van der Waals surface area contributed by atoms with Gasteiger partial charge in [-0.3, -0.25) is 0 Å². The van der Waals surface area contributed by atoms with Gasteiger partial charge in [-0.15, -0.1) is 0 Å². The van der Waals surface area contributed by atoms with Crippen molar-refractivity contribution in [3.8, 4) is 11.8 Å². The molecule has 0 bridgehead atoms. The molecule has 0 unspecified atom stereocenters. The van der Waals surface area contributed by atoms with E-state index >= 15 is 0 Å². The van der Waals surface area contributed by atoms with Crippen molar-refractivity contribution in [2.75, 3.05) is 0 Å².